The minimum Gasteiger partial charge on any atom is -0.375 e. The molecule has 0 spiro atoms. The monoisotopic (exact) mass is 220 g/mol. The number of unbranched alkanes of at least 4 members (excludes halogenated alkanes) is 1. The van der Waals surface area contributed by atoms with E-state index in [1.807, 2.05) is 18.2 Å². The van der Waals surface area contributed by atoms with Crippen molar-refractivity contribution in [2.45, 2.75) is 19.8 Å². The lowest BCUT2D eigenvalue weighted by molar-refractivity contribution is -0.118. The summed E-state index contributed by atoms with van der Waals surface area (Å²) < 4.78 is 0. The third-order valence-corrected chi connectivity index (χ3v) is 2.49. The molecule has 0 aliphatic carbocycles. The first kappa shape index (κ1) is 12.6. The van der Waals surface area contributed by atoms with Gasteiger partial charge in [0.1, 0.15) is 0 Å². The van der Waals surface area contributed by atoms with Crippen molar-refractivity contribution < 1.29 is 4.79 Å². The van der Waals surface area contributed by atoms with Crippen LogP contribution in [-0.4, -0.2) is 26.0 Å². The van der Waals surface area contributed by atoms with Gasteiger partial charge in [-0.25, -0.2) is 0 Å². The third kappa shape index (κ3) is 4.82. The second-order valence-corrected chi connectivity index (χ2v) is 3.95. The Morgan fingerprint density at radius 2 is 1.94 bits per heavy atom. The minimum absolute atomic E-state index is 0.0522. The fourth-order valence-corrected chi connectivity index (χ4v) is 1.55. The summed E-state index contributed by atoms with van der Waals surface area (Å²) in [5, 5.41) is 2.80. The molecular weight excluding hydrogens is 200 g/mol. The van der Waals surface area contributed by atoms with Gasteiger partial charge in [-0.15, -0.1) is 0 Å². The van der Waals surface area contributed by atoms with E-state index in [1.54, 1.807) is 6.92 Å². The molecular formula is C13H20N2O. The molecule has 1 N–H and O–H groups in total. The Labute approximate surface area is 97.5 Å². The minimum atomic E-state index is 0.0522. The average Bonchev–Trinajstić information content (AvgIpc) is 2.29. The molecule has 1 amide bonds. The van der Waals surface area contributed by atoms with Crippen molar-refractivity contribution in [3.63, 3.8) is 0 Å². The van der Waals surface area contributed by atoms with Gasteiger partial charge in [0.25, 0.3) is 0 Å². The molecule has 0 bridgehead atoms. The number of rotatable bonds is 6. The van der Waals surface area contributed by atoms with Gasteiger partial charge in [-0.05, 0) is 25.0 Å². The predicted octanol–water partition coefficient (Wildman–Crippen LogP) is 2.04. The molecule has 0 fully saturated rings. The normalized spacial score (nSPS) is 9.88. The first-order valence-corrected chi connectivity index (χ1v) is 5.71. The fraction of sp³-hybridized carbons (Fsp3) is 0.462. The van der Waals surface area contributed by atoms with Gasteiger partial charge in [-0.1, -0.05) is 18.2 Å². The van der Waals surface area contributed by atoms with Crippen molar-refractivity contribution in [1.29, 1.82) is 0 Å². The van der Waals surface area contributed by atoms with Crippen molar-refractivity contribution in [2.24, 2.45) is 0 Å². The Kier molecular flexibility index (Phi) is 5.40. The number of hydrogen-bond acceptors (Lipinski definition) is 2. The molecule has 0 aliphatic rings. The number of hydrogen-bond donors (Lipinski definition) is 1. The molecule has 0 heterocycles. The molecule has 88 valence electrons. The van der Waals surface area contributed by atoms with E-state index in [1.165, 1.54) is 5.69 Å². The molecule has 0 radical (unpaired) electrons. The summed E-state index contributed by atoms with van der Waals surface area (Å²) in [7, 11) is 2.09. The van der Waals surface area contributed by atoms with Gasteiger partial charge >= 0.3 is 0 Å². The Hall–Kier alpha value is -1.51. The van der Waals surface area contributed by atoms with Gasteiger partial charge in [0.05, 0.1) is 0 Å². The van der Waals surface area contributed by atoms with E-state index >= 15 is 0 Å². The molecule has 0 saturated carbocycles. The molecule has 0 saturated heterocycles. The van der Waals surface area contributed by atoms with Crippen LogP contribution in [0.1, 0.15) is 19.8 Å². The van der Waals surface area contributed by atoms with Crippen molar-refractivity contribution in [3.05, 3.63) is 30.3 Å². The molecule has 0 aliphatic heterocycles. The summed E-state index contributed by atoms with van der Waals surface area (Å²) in [5.41, 5.74) is 1.24. The summed E-state index contributed by atoms with van der Waals surface area (Å²) >= 11 is 0. The summed E-state index contributed by atoms with van der Waals surface area (Å²) in [6.45, 7) is 3.34. The fourth-order valence-electron chi connectivity index (χ4n) is 1.55. The summed E-state index contributed by atoms with van der Waals surface area (Å²) in [6, 6.07) is 10.3. The number of carbonyl (C=O) groups is 1. The molecule has 1 aromatic carbocycles. The van der Waals surface area contributed by atoms with Gasteiger partial charge in [0, 0.05) is 32.7 Å². The first-order valence-electron chi connectivity index (χ1n) is 5.71. The SMILES string of the molecule is CC(=O)NCCCCN(C)c1ccccc1. The summed E-state index contributed by atoms with van der Waals surface area (Å²) in [6.07, 6.45) is 2.11. The molecule has 0 aromatic heterocycles. The zero-order valence-electron chi connectivity index (χ0n) is 10.1. The highest BCUT2D eigenvalue weighted by molar-refractivity contribution is 5.72. The van der Waals surface area contributed by atoms with Crippen molar-refractivity contribution in [1.82, 2.24) is 5.32 Å². The van der Waals surface area contributed by atoms with E-state index in [0.717, 1.165) is 25.9 Å². The van der Waals surface area contributed by atoms with Crippen LogP contribution < -0.4 is 10.2 Å². The van der Waals surface area contributed by atoms with Crippen LogP contribution in [0.4, 0.5) is 5.69 Å². The summed E-state index contributed by atoms with van der Waals surface area (Å²) in [4.78, 5) is 12.9. The summed E-state index contributed by atoms with van der Waals surface area (Å²) in [5.74, 6) is 0.0522. The van der Waals surface area contributed by atoms with Gasteiger partial charge in [0.15, 0.2) is 0 Å². The van der Waals surface area contributed by atoms with Crippen molar-refractivity contribution in [3.8, 4) is 0 Å². The Balaban J connectivity index is 2.16. The van der Waals surface area contributed by atoms with Crippen LogP contribution in [0, 0.1) is 0 Å². The Bertz CT molecular complexity index is 311. The molecule has 0 atom stereocenters. The number of nitrogens with zero attached hydrogens (tertiary/aromatic N) is 1. The lowest BCUT2D eigenvalue weighted by Crippen LogP contribution is -2.23. The number of carbonyl (C=O) groups excluding carboxylic acids is 1. The smallest absolute Gasteiger partial charge is 0.216 e. The first-order chi connectivity index (χ1) is 7.70. The second-order valence-electron chi connectivity index (χ2n) is 3.95. The van der Waals surface area contributed by atoms with Crippen LogP contribution in [-0.2, 0) is 4.79 Å². The Morgan fingerprint density at radius 1 is 1.25 bits per heavy atom. The lowest BCUT2D eigenvalue weighted by atomic mass is 10.2. The molecule has 0 unspecified atom stereocenters. The Morgan fingerprint density at radius 3 is 2.56 bits per heavy atom. The van der Waals surface area contributed by atoms with E-state index < -0.39 is 0 Å². The quantitative estimate of drug-likeness (QED) is 0.744. The lowest BCUT2D eigenvalue weighted by Gasteiger charge is -2.18. The van der Waals surface area contributed by atoms with Crippen molar-refractivity contribution in [2.75, 3.05) is 25.0 Å². The number of amides is 1. The second kappa shape index (κ2) is 6.88. The molecule has 3 nitrogen and oxygen atoms in total. The average molecular weight is 220 g/mol. The van der Waals surface area contributed by atoms with E-state index in [9.17, 15) is 4.79 Å². The third-order valence-electron chi connectivity index (χ3n) is 2.49. The molecule has 1 rings (SSSR count). The van der Waals surface area contributed by atoms with Gasteiger partial charge in [0.2, 0.25) is 5.91 Å². The topological polar surface area (TPSA) is 32.3 Å². The number of anilines is 1. The van der Waals surface area contributed by atoms with Gasteiger partial charge in [-0.2, -0.15) is 0 Å². The van der Waals surface area contributed by atoms with Crippen LogP contribution in [0.25, 0.3) is 0 Å². The van der Waals surface area contributed by atoms with Crippen LogP contribution in [0.5, 0.6) is 0 Å². The zero-order valence-corrected chi connectivity index (χ0v) is 10.1. The highest BCUT2D eigenvalue weighted by Crippen LogP contribution is 2.11. The van der Waals surface area contributed by atoms with Crippen LogP contribution in [0.15, 0.2) is 30.3 Å². The zero-order chi connectivity index (χ0) is 11.8. The largest absolute Gasteiger partial charge is 0.375 e. The standard InChI is InChI=1S/C13H20N2O/c1-12(16)14-10-6-7-11-15(2)13-8-4-3-5-9-13/h3-5,8-9H,6-7,10-11H2,1-2H3,(H,14,16). The maximum absolute atomic E-state index is 10.6. The predicted molar refractivity (Wildman–Crippen MR) is 67.6 cm³/mol. The van der Waals surface area contributed by atoms with E-state index in [4.69, 9.17) is 0 Å². The van der Waals surface area contributed by atoms with Crippen LogP contribution >= 0.6 is 0 Å². The van der Waals surface area contributed by atoms with Crippen LogP contribution in [0.2, 0.25) is 0 Å². The number of nitrogens with one attached hydrogen (secondary N) is 1. The molecule has 3 heteroatoms. The van der Waals surface area contributed by atoms with E-state index in [-0.39, 0.29) is 5.91 Å². The molecule has 16 heavy (non-hydrogen) atoms. The van der Waals surface area contributed by atoms with Crippen LogP contribution in [0.3, 0.4) is 0 Å². The number of benzene rings is 1. The highest BCUT2D eigenvalue weighted by Gasteiger charge is 1.99. The van der Waals surface area contributed by atoms with Gasteiger partial charge in [-0.3, -0.25) is 4.79 Å². The maximum Gasteiger partial charge on any atom is 0.216 e. The highest BCUT2D eigenvalue weighted by atomic mass is 16.1. The van der Waals surface area contributed by atoms with Crippen molar-refractivity contribution >= 4 is 11.6 Å². The number of para-hydroxylation sites is 1. The van der Waals surface area contributed by atoms with E-state index in [2.05, 4.69) is 29.4 Å². The molecule has 1 aromatic rings. The van der Waals surface area contributed by atoms with Gasteiger partial charge < -0.3 is 10.2 Å². The van der Waals surface area contributed by atoms with E-state index in [0.29, 0.717) is 0 Å². The maximum atomic E-state index is 10.6.